The van der Waals surface area contributed by atoms with E-state index in [4.69, 9.17) is 0 Å². The van der Waals surface area contributed by atoms with E-state index in [9.17, 15) is 0 Å². The van der Waals surface area contributed by atoms with Gasteiger partial charge in [-0.05, 0) is 266 Å². The van der Waals surface area contributed by atoms with Crippen molar-refractivity contribution in [2.24, 2.45) is 0 Å². The molecule has 0 heterocycles. The topological polar surface area (TPSA) is 0 Å². The van der Waals surface area contributed by atoms with Crippen molar-refractivity contribution in [2.75, 3.05) is 0 Å². The van der Waals surface area contributed by atoms with Gasteiger partial charge in [0.05, 0.1) is 0 Å². The second kappa shape index (κ2) is 31.5. The summed E-state index contributed by atoms with van der Waals surface area (Å²) in [6.45, 7) is 0. The van der Waals surface area contributed by atoms with Crippen molar-refractivity contribution in [1.82, 2.24) is 0 Å². The summed E-state index contributed by atoms with van der Waals surface area (Å²) in [4.78, 5) is 0. The first-order valence-electron chi connectivity index (χ1n) is 42.2. The normalized spacial score (nSPS) is 11.4. The van der Waals surface area contributed by atoms with Gasteiger partial charge in [0.15, 0.2) is 0 Å². The highest BCUT2D eigenvalue weighted by atomic mass is 14.3. The predicted octanol–water partition coefficient (Wildman–Crippen LogP) is 34.4. The van der Waals surface area contributed by atoms with Crippen LogP contribution in [0.25, 0.3) is 230 Å². The van der Waals surface area contributed by atoms with E-state index in [1.165, 1.54) is 230 Å². The molecule has 568 valence electrons. The van der Waals surface area contributed by atoms with Crippen LogP contribution < -0.4 is 0 Å². The van der Waals surface area contributed by atoms with Gasteiger partial charge in [-0.25, -0.2) is 0 Å². The first kappa shape index (κ1) is 72.6. The van der Waals surface area contributed by atoms with E-state index in [0.717, 1.165) is 0 Å². The average Bonchev–Trinajstić information content (AvgIpc) is 0.735. The maximum absolute atomic E-state index is 2.37. The van der Waals surface area contributed by atoms with Gasteiger partial charge in [-0.1, -0.05) is 449 Å². The SMILES string of the molecule is c1cc(-c2ccc3ccccc3c2)cc(-c2c3ccccc3c(-c3cccc4ccccc34)c3ccccc23)c1.c1cc(-c2cccc3ccccc23)cc(-c2c3ccccc3c(-c3ccc4ccccc4c3)c3ccccc23)c1.c1ccc(-c2c3ccccc3c(-c3cccc(-c4ccc(-c5ccc6ccccc6c5)cc4)c3)c3ccccc23)cc1. The van der Waals surface area contributed by atoms with E-state index in [0.29, 0.717) is 0 Å². The standard InChI is InChI=1S/C42H28.2C40H26/c1-2-12-32(13-3-1)41-37-17-6-8-19-39(37)42(40-20-9-7-18-38(40)41)36-16-10-15-34(28-36)30-21-23-31(24-22-30)35-26-25-29-11-4-5-14-33(29)27-35;1-2-13-29-25-31(24-23-27(29)11-1)30-15-9-16-32(26-30)39-35-18-5-7-20-37(35)40(38-21-8-6-19-36(38)39)34-22-10-14-28-12-3-4-17-33(28)34;1-2-13-29-25-32(24-23-27(29)11-1)40-37-20-7-5-18-35(37)39(36-19-6-8-21-38(36)40)31-16-9-15-30(26-31)34-22-10-14-28-12-3-4-17-33(28)34/h1-28H;2*1-26H. The maximum Gasteiger partial charge on any atom is -0.00201 e. The second-order valence-electron chi connectivity index (χ2n) is 31.9. The van der Waals surface area contributed by atoms with E-state index >= 15 is 0 Å². The highest BCUT2D eigenvalue weighted by Gasteiger charge is 2.23. The smallest absolute Gasteiger partial charge is 0.00201 e. The van der Waals surface area contributed by atoms with Crippen molar-refractivity contribution in [3.8, 4) is 111 Å². The Balaban J connectivity index is 0.000000109. The van der Waals surface area contributed by atoms with Crippen LogP contribution in [0.2, 0.25) is 0 Å². The van der Waals surface area contributed by atoms with Crippen LogP contribution in [-0.2, 0) is 0 Å². The zero-order chi connectivity index (χ0) is 80.8. The summed E-state index contributed by atoms with van der Waals surface area (Å²) in [5, 5.41) is 28.0. The molecule has 0 aromatic heterocycles. The molecule has 0 N–H and O–H groups in total. The number of fused-ring (bicyclic) bond motifs is 11. The molecule has 0 nitrogen and oxygen atoms in total. The molecule has 122 heavy (non-hydrogen) atoms. The van der Waals surface area contributed by atoms with Gasteiger partial charge in [-0.2, -0.15) is 0 Å². The summed E-state index contributed by atoms with van der Waals surface area (Å²) < 4.78 is 0. The van der Waals surface area contributed by atoms with Crippen LogP contribution in [0.4, 0.5) is 0 Å². The molecule has 0 aliphatic heterocycles. The Morgan fingerprint density at radius 1 is 0.0820 bits per heavy atom. The third kappa shape index (κ3) is 13.3. The molecule has 0 spiro atoms. The van der Waals surface area contributed by atoms with Gasteiger partial charge < -0.3 is 0 Å². The van der Waals surface area contributed by atoms with Crippen molar-refractivity contribution in [3.63, 3.8) is 0 Å². The van der Waals surface area contributed by atoms with Gasteiger partial charge >= 0.3 is 0 Å². The fourth-order valence-corrected chi connectivity index (χ4v) is 19.2. The fraction of sp³-hybridized carbons (Fsp3) is 0. The molecule has 24 aromatic carbocycles. The first-order valence-corrected chi connectivity index (χ1v) is 42.2. The van der Waals surface area contributed by atoms with Gasteiger partial charge in [0, 0.05) is 0 Å². The van der Waals surface area contributed by atoms with Gasteiger partial charge in [0.1, 0.15) is 0 Å². The fourth-order valence-electron chi connectivity index (χ4n) is 19.2. The molecule has 0 atom stereocenters. The lowest BCUT2D eigenvalue weighted by Gasteiger charge is -2.19. The largest absolute Gasteiger partial charge is 0.0622 e. The molecule has 24 rings (SSSR count). The predicted molar refractivity (Wildman–Crippen MR) is 526 cm³/mol. The Labute approximate surface area is 710 Å². The summed E-state index contributed by atoms with van der Waals surface area (Å²) in [6, 6.07) is 177. The van der Waals surface area contributed by atoms with Gasteiger partial charge in [-0.3, -0.25) is 0 Å². The van der Waals surface area contributed by atoms with Crippen LogP contribution in [0.15, 0.2) is 485 Å². The molecule has 0 amide bonds. The Kier molecular flexibility index (Phi) is 18.8. The van der Waals surface area contributed by atoms with Crippen molar-refractivity contribution in [1.29, 1.82) is 0 Å². The van der Waals surface area contributed by atoms with Gasteiger partial charge in [0.25, 0.3) is 0 Å². The van der Waals surface area contributed by atoms with E-state index in [-0.39, 0.29) is 0 Å². The highest BCUT2D eigenvalue weighted by Crippen LogP contribution is 2.50. The Bertz CT molecular complexity index is 8010. The van der Waals surface area contributed by atoms with E-state index in [1.807, 2.05) is 0 Å². The zero-order valence-corrected chi connectivity index (χ0v) is 67.2. The van der Waals surface area contributed by atoms with Crippen molar-refractivity contribution in [2.45, 2.75) is 0 Å². The van der Waals surface area contributed by atoms with Crippen molar-refractivity contribution >= 4 is 118 Å². The van der Waals surface area contributed by atoms with Gasteiger partial charge in [-0.15, -0.1) is 0 Å². The third-order valence-electron chi connectivity index (χ3n) is 24.9. The first-order chi connectivity index (χ1) is 60.5. The molecule has 0 unspecified atom stereocenters. The molecule has 0 heteroatoms. The summed E-state index contributed by atoms with van der Waals surface area (Å²) >= 11 is 0. The Hall–Kier alpha value is -15.9. The van der Waals surface area contributed by atoms with Crippen LogP contribution >= 0.6 is 0 Å². The van der Waals surface area contributed by atoms with Crippen LogP contribution in [0.3, 0.4) is 0 Å². The minimum absolute atomic E-state index is 1.22. The van der Waals surface area contributed by atoms with Crippen molar-refractivity contribution in [3.05, 3.63) is 485 Å². The molecule has 0 aliphatic rings. The molecular weight excluding hydrogens is 1470 g/mol. The lowest BCUT2D eigenvalue weighted by Crippen LogP contribution is -1.92. The summed E-state index contributed by atoms with van der Waals surface area (Å²) in [7, 11) is 0. The molecule has 0 radical (unpaired) electrons. The lowest BCUT2D eigenvalue weighted by molar-refractivity contribution is 1.59. The molecule has 0 aliphatic carbocycles. The van der Waals surface area contributed by atoms with E-state index < -0.39 is 0 Å². The van der Waals surface area contributed by atoms with Crippen LogP contribution in [0.5, 0.6) is 0 Å². The summed E-state index contributed by atoms with van der Waals surface area (Å²) in [5.74, 6) is 0. The summed E-state index contributed by atoms with van der Waals surface area (Å²) in [6.07, 6.45) is 0. The molecule has 0 saturated carbocycles. The molecule has 0 bridgehead atoms. The number of hydrogen-bond donors (Lipinski definition) is 0. The maximum atomic E-state index is 2.37. The Morgan fingerprint density at radius 3 is 0.672 bits per heavy atom. The highest BCUT2D eigenvalue weighted by molar-refractivity contribution is 6.26. The Morgan fingerprint density at radius 2 is 0.287 bits per heavy atom. The van der Waals surface area contributed by atoms with Crippen LogP contribution in [-0.4, -0.2) is 0 Å². The minimum Gasteiger partial charge on any atom is -0.0622 e. The monoisotopic (exact) mass is 1540 g/mol. The summed E-state index contributed by atoms with van der Waals surface area (Å²) in [5.41, 5.74) is 25.1. The van der Waals surface area contributed by atoms with E-state index in [1.54, 1.807) is 0 Å². The second-order valence-corrected chi connectivity index (χ2v) is 31.9. The van der Waals surface area contributed by atoms with E-state index in [2.05, 4.69) is 485 Å². The molecule has 0 fully saturated rings. The number of rotatable bonds is 10. The average molecular weight is 1550 g/mol. The minimum atomic E-state index is 1.22. The van der Waals surface area contributed by atoms with Crippen molar-refractivity contribution < 1.29 is 0 Å². The lowest BCUT2D eigenvalue weighted by atomic mass is 9.84. The quantitative estimate of drug-likeness (QED) is 0.120. The molecular formula is C122H80. The third-order valence-corrected chi connectivity index (χ3v) is 24.9. The zero-order valence-electron chi connectivity index (χ0n) is 67.2. The van der Waals surface area contributed by atoms with Crippen LogP contribution in [0, 0.1) is 0 Å². The molecule has 0 saturated heterocycles. The van der Waals surface area contributed by atoms with Gasteiger partial charge in [0.2, 0.25) is 0 Å². The number of hydrogen-bond acceptors (Lipinski definition) is 0. The number of benzene rings is 24. The molecule has 24 aromatic rings. The van der Waals surface area contributed by atoms with Crippen LogP contribution in [0.1, 0.15) is 0 Å².